The lowest BCUT2D eigenvalue weighted by molar-refractivity contribution is -0.385. The molecule has 82 heavy (non-hydrogen) atoms. The van der Waals surface area contributed by atoms with Crippen molar-refractivity contribution in [3.8, 4) is 5.00 Å². The van der Waals surface area contributed by atoms with Crippen molar-refractivity contribution >= 4 is 87.4 Å². The highest BCUT2D eigenvalue weighted by Crippen LogP contribution is 2.40. The van der Waals surface area contributed by atoms with Crippen LogP contribution in [0.2, 0.25) is 5.02 Å². The number of rotatable bonds is 9. The highest BCUT2D eigenvalue weighted by Gasteiger charge is 2.34. The van der Waals surface area contributed by atoms with Crippen LogP contribution in [0.4, 0.5) is 22.7 Å². The molecule has 12 rings (SSSR count). The molecule has 5 aliphatic heterocycles. The largest absolute Gasteiger partial charge is 0.399 e. The summed E-state index contributed by atoms with van der Waals surface area (Å²) in [5, 5.41) is 37.5. The van der Waals surface area contributed by atoms with Crippen molar-refractivity contribution in [2.45, 2.75) is 85.6 Å². The van der Waals surface area contributed by atoms with E-state index < -0.39 is 41.0 Å². The number of halogens is 1. The van der Waals surface area contributed by atoms with E-state index in [0.717, 1.165) is 86.0 Å². The van der Waals surface area contributed by atoms with Crippen LogP contribution in [-0.4, -0.2) is 93.2 Å². The Morgan fingerprint density at radius 2 is 1.16 bits per heavy atom. The predicted molar refractivity (Wildman–Crippen MR) is 313 cm³/mol. The van der Waals surface area contributed by atoms with Crippen molar-refractivity contribution in [3.63, 3.8) is 0 Å². The lowest BCUT2D eigenvalue weighted by Crippen LogP contribution is -2.23. The van der Waals surface area contributed by atoms with Crippen molar-refractivity contribution in [2.75, 3.05) is 29.8 Å². The summed E-state index contributed by atoms with van der Waals surface area (Å²) in [6.07, 6.45) is 3.61. The van der Waals surface area contributed by atoms with Crippen molar-refractivity contribution in [1.82, 2.24) is 33.0 Å². The van der Waals surface area contributed by atoms with E-state index in [4.69, 9.17) is 22.3 Å². The van der Waals surface area contributed by atoms with E-state index >= 15 is 0 Å². The number of hydrogen-bond donors (Lipinski definition) is 3. The number of amides is 1. The van der Waals surface area contributed by atoms with Crippen LogP contribution in [0.5, 0.6) is 0 Å². The highest BCUT2D eigenvalue weighted by atomic mass is 35.5. The Hall–Kier alpha value is -7.34. The van der Waals surface area contributed by atoms with E-state index in [1.165, 1.54) is 48.0 Å². The smallest absolute Gasteiger partial charge is 0.269 e. The molecule has 0 bridgehead atoms. The number of hydrogen-bond acceptors (Lipinski definition) is 17. The monoisotopic (exact) mass is 1210 g/mol. The van der Waals surface area contributed by atoms with Crippen LogP contribution in [-0.2, 0) is 87.2 Å². The molecule has 1 atom stereocenters. The second-order valence-corrected chi connectivity index (χ2v) is 27.9. The standard InChI is InChI=1S/C28H27ClN6O3S2.C9H10N2O4S.C9H12N2O2S.C8H8N2O2/c1-15-16(2)39-28-25(15)26(18-5-8-21(29)9-6-18)31-23(27-33-32-17(3)35(27)28)12-24(36)30-22-10-7-19-13-34(40(4,37)38)14-20(19)11-22;1-16(14,15)10-5-7-2-3-9(11(12)13)4-8(7)6-10;1-14(12,13)11-5-7-2-3-9(10)4-8(7)6-11;11-10(12)8-2-1-6-4-9-5-7(6)3-8/h5-11,23H,12-14H2,1-4H3,(H,30,36);2-4H,5-6H2,1H3;2-4H,5-6,10H2,1H3;1-3,9H,4-5H2/t23-;;;/m0.../s1. The number of aromatic nitrogens is 3. The van der Waals surface area contributed by atoms with E-state index in [2.05, 4.69) is 34.7 Å². The molecule has 0 aliphatic carbocycles. The van der Waals surface area contributed by atoms with Crippen LogP contribution >= 0.6 is 22.9 Å². The summed E-state index contributed by atoms with van der Waals surface area (Å²) in [4.78, 5) is 39.8. The summed E-state index contributed by atoms with van der Waals surface area (Å²) in [7, 11) is -9.63. The zero-order valence-corrected chi connectivity index (χ0v) is 49.3. The fourth-order valence-electron chi connectivity index (χ4n) is 9.91. The lowest BCUT2D eigenvalue weighted by atomic mass is 9.99. The maximum absolute atomic E-state index is 13.4. The van der Waals surface area contributed by atoms with Crippen molar-refractivity contribution in [2.24, 2.45) is 4.99 Å². The minimum Gasteiger partial charge on any atom is -0.399 e. The number of sulfonamides is 3. The van der Waals surface area contributed by atoms with Gasteiger partial charge in [0.25, 0.3) is 11.4 Å². The number of nitrogens with one attached hydrogen (secondary N) is 2. The molecular weight excluding hydrogens is 1160 g/mol. The third kappa shape index (κ3) is 13.3. The first-order valence-corrected chi connectivity index (χ1v) is 32.1. The van der Waals surface area contributed by atoms with Crippen molar-refractivity contribution in [1.29, 1.82) is 0 Å². The number of nitrogen functional groups attached to an aromatic ring is 1. The Labute approximate surface area is 482 Å². The third-order valence-electron chi connectivity index (χ3n) is 14.4. The molecule has 23 nitrogen and oxygen atoms in total. The number of nitro groups is 2. The van der Waals surface area contributed by atoms with Gasteiger partial charge in [0.2, 0.25) is 36.0 Å². The predicted octanol–water partition coefficient (Wildman–Crippen LogP) is 7.72. The average molecular weight is 1210 g/mol. The van der Waals surface area contributed by atoms with Gasteiger partial charge >= 0.3 is 0 Å². The first-order valence-electron chi connectivity index (χ1n) is 25.3. The van der Waals surface area contributed by atoms with Gasteiger partial charge in [-0.2, -0.15) is 12.9 Å². The minimum atomic E-state index is -3.30. The number of aliphatic imine (C=N–C) groups is 1. The van der Waals surface area contributed by atoms with Gasteiger partial charge in [-0.05, 0) is 107 Å². The Morgan fingerprint density at radius 1 is 0.671 bits per heavy atom. The molecule has 2 aromatic heterocycles. The molecule has 430 valence electrons. The summed E-state index contributed by atoms with van der Waals surface area (Å²) >= 11 is 7.85. The Bertz CT molecular complexity index is 4100. The number of nitro benzene ring substituents is 2. The number of nitrogens with zero attached hydrogens (tertiary/aromatic N) is 9. The summed E-state index contributed by atoms with van der Waals surface area (Å²) in [5.74, 6) is 1.11. The average Bonchev–Trinajstić information content (AvgIpc) is 3.56. The molecule has 7 aromatic rings. The molecule has 7 heterocycles. The molecule has 5 aliphatic rings. The maximum atomic E-state index is 13.4. The van der Waals surface area contributed by atoms with Gasteiger partial charge < -0.3 is 16.4 Å². The van der Waals surface area contributed by atoms with E-state index in [1.54, 1.807) is 41.7 Å². The van der Waals surface area contributed by atoms with Crippen LogP contribution < -0.4 is 16.4 Å². The number of benzene rings is 5. The van der Waals surface area contributed by atoms with Gasteiger partial charge in [0.1, 0.15) is 16.9 Å². The van der Waals surface area contributed by atoms with Crippen molar-refractivity contribution < 1.29 is 39.9 Å². The topological polar surface area (TPSA) is 309 Å². The zero-order chi connectivity index (χ0) is 59.2. The van der Waals surface area contributed by atoms with Gasteiger partial charge in [-0.15, -0.1) is 21.5 Å². The van der Waals surface area contributed by atoms with Crippen LogP contribution in [0, 0.1) is 41.0 Å². The Balaban J connectivity index is 0.000000156. The molecule has 0 radical (unpaired) electrons. The second kappa shape index (κ2) is 23.5. The van der Waals surface area contributed by atoms with Gasteiger partial charge in [0, 0.05) is 109 Å². The Kier molecular flexibility index (Phi) is 17.0. The van der Waals surface area contributed by atoms with Gasteiger partial charge in [0.15, 0.2) is 5.82 Å². The zero-order valence-electron chi connectivity index (χ0n) is 45.3. The molecule has 0 unspecified atom stereocenters. The minimum absolute atomic E-state index is 0.00546. The third-order valence-corrected chi connectivity index (χ3v) is 19.4. The normalized spacial score (nSPS) is 16.2. The molecule has 5 aromatic carbocycles. The number of carbonyl (C=O) groups excluding carboxylic acids is 1. The van der Waals surface area contributed by atoms with Crippen molar-refractivity contribution in [3.05, 3.63) is 200 Å². The number of thiophene rings is 1. The van der Waals surface area contributed by atoms with Crippen LogP contribution in [0.3, 0.4) is 0 Å². The molecule has 0 spiro atoms. The quantitative estimate of drug-likeness (QED) is 0.0708. The number of anilines is 2. The lowest BCUT2D eigenvalue weighted by Gasteiger charge is -2.13. The number of non-ortho nitro benzene ring substituents is 2. The number of carbonyl (C=O) groups is 1. The molecule has 28 heteroatoms. The fourth-order valence-corrected chi connectivity index (χ4v) is 13.5. The van der Waals surface area contributed by atoms with Gasteiger partial charge in [-0.3, -0.25) is 34.6 Å². The maximum Gasteiger partial charge on any atom is 0.269 e. The molecule has 0 fully saturated rings. The summed E-state index contributed by atoms with van der Waals surface area (Å²) < 4.78 is 75.3. The molecule has 1 amide bonds. The fraction of sp³-hybridized carbons (Fsp3) is 0.296. The first-order chi connectivity index (χ1) is 38.6. The summed E-state index contributed by atoms with van der Waals surface area (Å²) in [6, 6.07) is 27.4. The van der Waals surface area contributed by atoms with Gasteiger partial charge in [-0.25, -0.2) is 25.3 Å². The van der Waals surface area contributed by atoms with Crippen LogP contribution in [0.1, 0.15) is 90.2 Å². The summed E-state index contributed by atoms with van der Waals surface area (Å²) in [5.41, 5.74) is 18.5. The van der Waals surface area contributed by atoms with Crippen LogP contribution in [0.15, 0.2) is 102 Å². The number of nitrogens with two attached hydrogens (primary N) is 1. The SMILES string of the molecule is CS(=O)(=O)N1Cc2ccc(N)cc2C1.CS(=O)(=O)N1Cc2ccc([N+](=O)[O-])cc2C1.Cc1sc2c(c1C)C(c1ccc(Cl)cc1)=N[C@@H](CC(=O)Nc1ccc3c(c1)CN(S(C)(=O)=O)C3)c1nnc(C)n1-2.O=[N+]([O-])c1ccc2c(c1)CNC2. The molecular formula is C54H57ClN12O11S4. The van der Waals surface area contributed by atoms with E-state index in [-0.39, 0.29) is 35.2 Å². The molecule has 4 N–H and O–H groups in total. The molecule has 0 saturated carbocycles. The first kappa shape index (κ1) is 59.3. The van der Waals surface area contributed by atoms with Crippen LogP contribution in [0.25, 0.3) is 5.00 Å². The van der Waals surface area contributed by atoms with E-state index in [9.17, 15) is 50.3 Å². The number of aryl methyl sites for hydroxylation is 2. The second-order valence-electron chi connectivity index (χ2n) is 20.3. The van der Waals surface area contributed by atoms with Gasteiger partial charge in [-0.1, -0.05) is 48.0 Å². The van der Waals surface area contributed by atoms with E-state index in [1.807, 2.05) is 66.1 Å². The van der Waals surface area contributed by atoms with E-state index in [0.29, 0.717) is 60.5 Å². The summed E-state index contributed by atoms with van der Waals surface area (Å²) in [6.45, 7) is 9.70. The van der Waals surface area contributed by atoms with Gasteiger partial charge in [0.05, 0.1) is 40.7 Å². The Morgan fingerprint density at radius 3 is 1.72 bits per heavy atom. The number of fused-ring (bicyclic) bond motifs is 7. The highest BCUT2D eigenvalue weighted by molar-refractivity contribution is 7.88. The molecule has 0 saturated heterocycles.